The van der Waals surface area contributed by atoms with Gasteiger partial charge >= 0.3 is 16.2 Å². The number of anilines is 1. The number of nitrogens with zero attached hydrogens (tertiary/aromatic N) is 1. The molecule has 2 aromatic rings. The Bertz CT molecular complexity index is 1040. The molecule has 160 valence electrons. The molecule has 3 rings (SSSR count). The number of aliphatic imine (C=N–C) groups is 1. The third-order valence-electron chi connectivity index (χ3n) is 3.93. The molecule has 0 aromatic heterocycles. The highest BCUT2D eigenvalue weighted by Crippen LogP contribution is 2.36. The minimum atomic E-state index is -4.01. The van der Waals surface area contributed by atoms with Crippen molar-refractivity contribution in [3.63, 3.8) is 0 Å². The molecule has 0 saturated carbocycles. The molecular weight excluding hydrogens is 430 g/mol. The lowest BCUT2D eigenvalue weighted by Crippen LogP contribution is -2.29. The fourth-order valence-electron chi connectivity index (χ4n) is 2.39. The predicted octanol–water partition coefficient (Wildman–Crippen LogP) is 4.05. The molecule has 2 aromatic carbocycles. The third kappa shape index (κ3) is 5.57. The molecule has 1 heterocycles. The molecule has 9 nitrogen and oxygen atoms in total. The first-order valence-corrected chi connectivity index (χ1v) is 11.3. The van der Waals surface area contributed by atoms with Crippen LogP contribution in [0.1, 0.15) is 19.8 Å². The van der Waals surface area contributed by atoms with Gasteiger partial charge in [-0.2, -0.15) is 8.42 Å². The number of nitrogens with one attached hydrogen (secondary N) is 2. The number of fused-ring (bicyclic) bond motifs is 1. The van der Waals surface area contributed by atoms with Gasteiger partial charge in [0, 0.05) is 18.0 Å². The molecule has 11 heteroatoms. The Balaban J connectivity index is 1.70. The Kier molecular flexibility index (Phi) is 7.06. The smallest absolute Gasteiger partial charge is 0.412 e. The number of rotatable bonds is 7. The summed E-state index contributed by atoms with van der Waals surface area (Å²) in [7, 11) is -2.76. The highest BCUT2D eigenvalue weighted by molar-refractivity contribution is 8.15. The van der Waals surface area contributed by atoms with Crippen LogP contribution in [0.25, 0.3) is 0 Å². The van der Waals surface area contributed by atoms with Gasteiger partial charge in [0.2, 0.25) is 0 Å². The van der Waals surface area contributed by atoms with Crippen molar-refractivity contribution in [2.75, 3.05) is 18.4 Å². The van der Waals surface area contributed by atoms with Gasteiger partial charge in [0.05, 0.1) is 25.1 Å². The highest BCUT2D eigenvalue weighted by atomic mass is 32.2. The summed E-state index contributed by atoms with van der Waals surface area (Å²) in [5.74, 6) is 0.733. The molecule has 0 fully saturated rings. The molecule has 0 atom stereocenters. The number of amides is 1. The summed E-state index contributed by atoms with van der Waals surface area (Å²) in [5.41, 5.74) is 1.06. The van der Waals surface area contributed by atoms with Crippen molar-refractivity contribution in [3.8, 4) is 11.5 Å². The maximum absolute atomic E-state index is 12.6. The minimum Gasteiger partial charge on any atom is -0.494 e. The van der Waals surface area contributed by atoms with Gasteiger partial charge in [-0.25, -0.2) is 9.79 Å². The summed E-state index contributed by atoms with van der Waals surface area (Å²) in [4.78, 5) is 15.6. The van der Waals surface area contributed by atoms with E-state index in [0.717, 1.165) is 24.8 Å². The van der Waals surface area contributed by atoms with E-state index < -0.39 is 16.2 Å². The first-order chi connectivity index (χ1) is 14.4. The Morgan fingerprint density at radius 3 is 2.60 bits per heavy atom. The number of ether oxygens (including phenoxy) is 2. The van der Waals surface area contributed by atoms with Gasteiger partial charge in [-0.05, 0) is 42.8 Å². The molecule has 0 radical (unpaired) electrons. The normalized spacial score (nSPS) is 12.8. The molecule has 2 N–H and O–H groups in total. The summed E-state index contributed by atoms with van der Waals surface area (Å²) >= 11 is 1.05. The van der Waals surface area contributed by atoms with Crippen LogP contribution in [0.4, 0.5) is 16.2 Å². The molecule has 0 aliphatic carbocycles. The topological polar surface area (TPSA) is 115 Å². The van der Waals surface area contributed by atoms with E-state index in [1.54, 1.807) is 18.2 Å². The summed E-state index contributed by atoms with van der Waals surface area (Å²) in [6.45, 7) is 2.65. The fourth-order valence-corrected chi connectivity index (χ4v) is 3.96. The molecule has 0 spiro atoms. The number of methoxy groups -OCH3 is 1. The third-order valence-corrected chi connectivity index (χ3v) is 5.90. The van der Waals surface area contributed by atoms with E-state index in [1.165, 1.54) is 31.4 Å². The van der Waals surface area contributed by atoms with Crippen molar-refractivity contribution < 1.29 is 26.9 Å². The van der Waals surface area contributed by atoms with Gasteiger partial charge in [-0.15, -0.1) is 0 Å². The van der Waals surface area contributed by atoms with Gasteiger partial charge in [-0.3, -0.25) is 5.32 Å². The van der Waals surface area contributed by atoms with Crippen molar-refractivity contribution >= 4 is 44.7 Å². The maximum atomic E-state index is 12.6. The minimum absolute atomic E-state index is 0.0213. The van der Waals surface area contributed by atoms with Crippen LogP contribution in [0.5, 0.6) is 11.5 Å². The Morgan fingerprint density at radius 1 is 1.17 bits per heavy atom. The number of hydrogen-bond acceptors (Lipinski definition) is 9. The van der Waals surface area contributed by atoms with E-state index in [0.29, 0.717) is 28.9 Å². The van der Waals surface area contributed by atoms with E-state index in [9.17, 15) is 13.2 Å². The Labute approximate surface area is 179 Å². The van der Waals surface area contributed by atoms with E-state index in [2.05, 4.69) is 26.7 Å². The molecule has 0 unspecified atom stereocenters. The molecular formula is C19H21N3O6S2. The van der Waals surface area contributed by atoms with E-state index in [-0.39, 0.29) is 10.6 Å². The molecule has 1 aliphatic rings. The summed E-state index contributed by atoms with van der Waals surface area (Å²) in [6.07, 6.45) is 1.31. The summed E-state index contributed by atoms with van der Waals surface area (Å²) < 4.78 is 43.4. The van der Waals surface area contributed by atoms with Gasteiger partial charge in [0.15, 0.2) is 5.17 Å². The van der Waals surface area contributed by atoms with Crippen molar-refractivity contribution in [2.24, 2.45) is 4.99 Å². The van der Waals surface area contributed by atoms with E-state index in [4.69, 9.17) is 8.92 Å². The summed E-state index contributed by atoms with van der Waals surface area (Å²) in [6, 6.07) is 10.7. The van der Waals surface area contributed by atoms with Crippen molar-refractivity contribution in [1.82, 2.24) is 5.32 Å². The Morgan fingerprint density at radius 2 is 1.90 bits per heavy atom. The maximum Gasteiger partial charge on any atom is 0.412 e. The van der Waals surface area contributed by atoms with Crippen LogP contribution >= 0.6 is 11.9 Å². The molecule has 1 amide bonds. The standard InChI is InChI=1S/C19H21N3O6S2/c1-3-4-11-27-13-5-8-15(9-6-13)30(24,25)28-14-7-10-16-17(12-14)22-29-18(20-16)21-19(23)26-2/h5-10,12,22H,3-4,11H2,1-2H3,(H,20,21,23). The number of hydrogen-bond donors (Lipinski definition) is 2. The number of unbranched alkanes of at least 4 members (excludes halogenated alkanes) is 1. The molecule has 1 aliphatic heterocycles. The number of amidine groups is 1. The zero-order valence-electron chi connectivity index (χ0n) is 16.4. The zero-order valence-corrected chi connectivity index (χ0v) is 18.0. The van der Waals surface area contributed by atoms with E-state index in [1.807, 2.05) is 0 Å². The van der Waals surface area contributed by atoms with Crippen molar-refractivity contribution in [3.05, 3.63) is 42.5 Å². The average molecular weight is 452 g/mol. The van der Waals surface area contributed by atoms with E-state index >= 15 is 0 Å². The molecule has 30 heavy (non-hydrogen) atoms. The number of alkyl carbamates (subject to hydrolysis) is 1. The first-order valence-electron chi connectivity index (χ1n) is 9.09. The van der Waals surface area contributed by atoms with Crippen LogP contribution in [0.15, 0.2) is 52.4 Å². The van der Waals surface area contributed by atoms with Crippen molar-refractivity contribution in [1.29, 1.82) is 0 Å². The number of carbonyl (C=O) groups is 1. The largest absolute Gasteiger partial charge is 0.494 e. The van der Waals surface area contributed by atoms with Crippen LogP contribution in [0.2, 0.25) is 0 Å². The lowest BCUT2D eigenvalue weighted by molar-refractivity contribution is 0.177. The first kappa shape index (κ1) is 21.8. The quantitative estimate of drug-likeness (QED) is 0.368. The monoisotopic (exact) mass is 451 g/mol. The Hall–Kier alpha value is -2.92. The van der Waals surface area contributed by atoms with Gasteiger partial charge in [0.1, 0.15) is 16.4 Å². The van der Waals surface area contributed by atoms with Crippen LogP contribution in [-0.4, -0.2) is 33.4 Å². The second kappa shape index (κ2) is 9.72. The second-order valence-electron chi connectivity index (χ2n) is 6.13. The predicted molar refractivity (Wildman–Crippen MR) is 115 cm³/mol. The highest BCUT2D eigenvalue weighted by Gasteiger charge is 2.20. The van der Waals surface area contributed by atoms with Crippen LogP contribution in [-0.2, 0) is 14.9 Å². The van der Waals surface area contributed by atoms with Gasteiger partial charge in [-0.1, -0.05) is 13.3 Å². The molecule has 0 saturated heterocycles. The van der Waals surface area contributed by atoms with Crippen molar-refractivity contribution in [2.45, 2.75) is 24.7 Å². The molecule has 0 bridgehead atoms. The zero-order chi connectivity index (χ0) is 21.6. The van der Waals surface area contributed by atoms with Gasteiger partial charge < -0.3 is 18.4 Å². The number of benzene rings is 2. The lowest BCUT2D eigenvalue weighted by atomic mass is 10.2. The second-order valence-corrected chi connectivity index (χ2v) is 8.47. The average Bonchev–Trinajstić information content (AvgIpc) is 2.74. The SMILES string of the molecule is CCCCOc1ccc(S(=O)(=O)Oc2ccc3c(c2)NSC(NC(=O)OC)=N3)cc1. The fraction of sp³-hybridized carbons (Fsp3) is 0.263. The summed E-state index contributed by atoms with van der Waals surface area (Å²) in [5, 5.41) is 2.76. The lowest BCUT2D eigenvalue weighted by Gasteiger charge is -2.17. The van der Waals surface area contributed by atoms with Gasteiger partial charge in [0.25, 0.3) is 0 Å². The van der Waals surface area contributed by atoms with Crippen LogP contribution in [0, 0.1) is 0 Å². The number of carbonyl (C=O) groups excluding carboxylic acids is 1. The van der Waals surface area contributed by atoms with Crippen LogP contribution < -0.4 is 19.0 Å². The van der Waals surface area contributed by atoms with Crippen LogP contribution in [0.3, 0.4) is 0 Å².